The summed E-state index contributed by atoms with van der Waals surface area (Å²) in [5, 5.41) is 17.3. The molecule has 2 N–H and O–H groups in total. The molecule has 0 aromatic rings. The molecule has 0 fully saturated rings. The SMILES string of the molecule is CCCCCCCCCCC=C/C(=C/C(=O)O)C(=O)O. The van der Waals surface area contributed by atoms with Crippen molar-refractivity contribution >= 4 is 11.9 Å². The first kappa shape index (κ1) is 18.4. The lowest BCUT2D eigenvalue weighted by Gasteiger charge is -2.00. The Kier molecular flexibility index (Phi) is 11.5. The number of allylic oxidation sites excluding steroid dienone is 1. The fourth-order valence-electron chi connectivity index (χ4n) is 1.92. The molecule has 0 unspecified atom stereocenters. The molecular formula is C16H26O4. The Balaban J connectivity index is 3.69. The van der Waals surface area contributed by atoms with E-state index in [4.69, 9.17) is 10.2 Å². The lowest BCUT2D eigenvalue weighted by atomic mass is 10.1. The number of carbonyl (C=O) groups is 2. The summed E-state index contributed by atoms with van der Waals surface area (Å²) in [6, 6.07) is 0. The van der Waals surface area contributed by atoms with E-state index in [2.05, 4.69) is 6.92 Å². The van der Waals surface area contributed by atoms with Gasteiger partial charge in [0.2, 0.25) is 0 Å². The van der Waals surface area contributed by atoms with E-state index in [0.29, 0.717) is 6.08 Å². The Hall–Kier alpha value is -1.58. The highest BCUT2D eigenvalue weighted by atomic mass is 16.4. The molecule has 4 heteroatoms. The van der Waals surface area contributed by atoms with Crippen LogP contribution in [0.1, 0.15) is 64.7 Å². The van der Waals surface area contributed by atoms with Gasteiger partial charge in [-0.3, -0.25) is 0 Å². The van der Waals surface area contributed by atoms with Crippen LogP contribution in [0.15, 0.2) is 23.8 Å². The molecule has 0 saturated heterocycles. The molecule has 0 atom stereocenters. The second-order valence-corrected chi connectivity index (χ2v) is 4.91. The van der Waals surface area contributed by atoms with Crippen molar-refractivity contribution in [2.45, 2.75) is 64.7 Å². The minimum Gasteiger partial charge on any atom is -0.478 e. The zero-order chi connectivity index (χ0) is 15.2. The summed E-state index contributed by atoms with van der Waals surface area (Å²) in [7, 11) is 0. The largest absolute Gasteiger partial charge is 0.478 e. The molecule has 0 radical (unpaired) electrons. The highest BCUT2D eigenvalue weighted by Gasteiger charge is 2.04. The normalized spacial score (nSPS) is 11.9. The molecule has 0 saturated carbocycles. The predicted octanol–water partition coefficient (Wildman–Crippen LogP) is 4.17. The van der Waals surface area contributed by atoms with Gasteiger partial charge in [0.1, 0.15) is 0 Å². The smallest absolute Gasteiger partial charge is 0.335 e. The van der Waals surface area contributed by atoms with Gasteiger partial charge in [-0.25, -0.2) is 9.59 Å². The second kappa shape index (κ2) is 12.5. The number of carboxylic acids is 2. The summed E-state index contributed by atoms with van der Waals surface area (Å²) < 4.78 is 0. The number of hydrogen-bond donors (Lipinski definition) is 2. The van der Waals surface area contributed by atoms with Crippen molar-refractivity contribution in [3.05, 3.63) is 23.8 Å². The van der Waals surface area contributed by atoms with Crippen LogP contribution in [0.3, 0.4) is 0 Å². The number of unbranched alkanes of at least 4 members (excludes halogenated alkanes) is 8. The lowest BCUT2D eigenvalue weighted by molar-refractivity contribution is -0.134. The molecule has 0 amide bonds. The zero-order valence-corrected chi connectivity index (χ0v) is 12.3. The van der Waals surface area contributed by atoms with Gasteiger partial charge in [0.25, 0.3) is 0 Å². The van der Waals surface area contributed by atoms with Gasteiger partial charge in [0.15, 0.2) is 0 Å². The Morgan fingerprint density at radius 1 is 0.900 bits per heavy atom. The molecule has 20 heavy (non-hydrogen) atoms. The van der Waals surface area contributed by atoms with Gasteiger partial charge in [-0.05, 0) is 12.8 Å². The van der Waals surface area contributed by atoms with Gasteiger partial charge >= 0.3 is 11.9 Å². The van der Waals surface area contributed by atoms with Crippen molar-refractivity contribution in [1.29, 1.82) is 0 Å². The van der Waals surface area contributed by atoms with E-state index in [-0.39, 0.29) is 5.57 Å². The third kappa shape index (κ3) is 11.5. The Morgan fingerprint density at radius 3 is 1.95 bits per heavy atom. The van der Waals surface area contributed by atoms with E-state index >= 15 is 0 Å². The topological polar surface area (TPSA) is 74.6 Å². The molecule has 114 valence electrons. The summed E-state index contributed by atoms with van der Waals surface area (Å²) in [6.45, 7) is 2.20. The molecular weight excluding hydrogens is 256 g/mol. The predicted molar refractivity (Wildman–Crippen MR) is 79.7 cm³/mol. The van der Waals surface area contributed by atoms with Crippen molar-refractivity contribution in [3.8, 4) is 0 Å². The van der Waals surface area contributed by atoms with Crippen molar-refractivity contribution in [1.82, 2.24) is 0 Å². The summed E-state index contributed by atoms with van der Waals surface area (Å²) >= 11 is 0. The standard InChI is InChI=1S/C16H26O4/c1-2-3-4-5-6-7-8-9-10-11-12-14(16(19)20)13-15(17)18/h11-13H,2-10H2,1H3,(H,17,18)(H,19,20)/b12-11?,14-13-. The van der Waals surface area contributed by atoms with Crippen LogP contribution in [0.5, 0.6) is 0 Å². The third-order valence-electron chi connectivity index (χ3n) is 3.05. The minimum atomic E-state index is -1.24. The maximum atomic E-state index is 10.7. The Labute approximate surface area is 121 Å². The van der Waals surface area contributed by atoms with Crippen molar-refractivity contribution < 1.29 is 19.8 Å². The van der Waals surface area contributed by atoms with Crippen LogP contribution in [0, 0.1) is 0 Å². The van der Waals surface area contributed by atoms with E-state index in [1.807, 2.05) is 0 Å². The average Bonchev–Trinajstić information content (AvgIpc) is 2.39. The summed E-state index contributed by atoms with van der Waals surface area (Å²) in [6.07, 6.45) is 14.5. The number of hydrogen-bond acceptors (Lipinski definition) is 2. The van der Waals surface area contributed by atoms with Gasteiger partial charge in [0.05, 0.1) is 5.57 Å². The molecule has 0 aliphatic carbocycles. The molecule has 0 bridgehead atoms. The molecule has 0 aromatic heterocycles. The second-order valence-electron chi connectivity index (χ2n) is 4.91. The highest BCUT2D eigenvalue weighted by molar-refractivity contribution is 5.96. The first-order valence-corrected chi connectivity index (χ1v) is 7.42. The van der Waals surface area contributed by atoms with E-state index in [0.717, 1.165) is 19.3 Å². The van der Waals surface area contributed by atoms with Gasteiger partial charge in [-0.15, -0.1) is 0 Å². The number of carboxylic acid groups (broad SMARTS) is 2. The van der Waals surface area contributed by atoms with E-state index in [1.165, 1.54) is 44.6 Å². The first-order valence-electron chi connectivity index (χ1n) is 7.42. The van der Waals surface area contributed by atoms with Gasteiger partial charge in [0, 0.05) is 6.08 Å². The van der Waals surface area contributed by atoms with Crippen molar-refractivity contribution in [2.24, 2.45) is 0 Å². The Morgan fingerprint density at radius 2 is 1.45 bits per heavy atom. The van der Waals surface area contributed by atoms with Crippen molar-refractivity contribution in [2.75, 3.05) is 0 Å². The molecule has 0 spiro atoms. The minimum absolute atomic E-state index is 0.183. The van der Waals surface area contributed by atoms with E-state index < -0.39 is 11.9 Å². The molecule has 0 aromatic carbocycles. The zero-order valence-electron chi connectivity index (χ0n) is 12.3. The highest BCUT2D eigenvalue weighted by Crippen LogP contribution is 2.10. The first-order chi connectivity index (χ1) is 9.57. The van der Waals surface area contributed by atoms with Gasteiger partial charge in [-0.2, -0.15) is 0 Å². The van der Waals surface area contributed by atoms with Crippen LogP contribution >= 0.6 is 0 Å². The molecule has 0 aliphatic heterocycles. The number of aliphatic carboxylic acids is 2. The van der Waals surface area contributed by atoms with Crippen LogP contribution < -0.4 is 0 Å². The molecule has 0 heterocycles. The third-order valence-corrected chi connectivity index (χ3v) is 3.05. The summed E-state index contributed by atoms with van der Waals surface area (Å²) in [5.74, 6) is -2.45. The monoisotopic (exact) mass is 282 g/mol. The van der Waals surface area contributed by atoms with Crippen LogP contribution in [0.25, 0.3) is 0 Å². The van der Waals surface area contributed by atoms with Gasteiger partial charge < -0.3 is 10.2 Å². The molecule has 4 nitrogen and oxygen atoms in total. The van der Waals surface area contributed by atoms with Crippen LogP contribution in [-0.2, 0) is 9.59 Å². The molecule has 0 rings (SSSR count). The summed E-state index contributed by atoms with van der Waals surface area (Å²) in [5.41, 5.74) is -0.183. The fraction of sp³-hybridized carbons (Fsp3) is 0.625. The van der Waals surface area contributed by atoms with E-state index in [1.54, 1.807) is 6.08 Å². The maximum absolute atomic E-state index is 10.7. The lowest BCUT2D eigenvalue weighted by Crippen LogP contribution is -2.01. The van der Waals surface area contributed by atoms with Crippen LogP contribution in [-0.4, -0.2) is 22.2 Å². The van der Waals surface area contributed by atoms with Crippen LogP contribution in [0.4, 0.5) is 0 Å². The number of rotatable bonds is 12. The summed E-state index contributed by atoms with van der Waals surface area (Å²) in [4.78, 5) is 21.2. The molecule has 0 aliphatic rings. The quantitative estimate of drug-likeness (QED) is 0.320. The van der Waals surface area contributed by atoms with Gasteiger partial charge in [-0.1, -0.05) is 64.0 Å². The Bertz CT molecular complexity index is 342. The van der Waals surface area contributed by atoms with Crippen molar-refractivity contribution in [3.63, 3.8) is 0 Å². The fourth-order valence-corrected chi connectivity index (χ4v) is 1.92. The maximum Gasteiger partial charge on any atom is 0.335 e. The van der Waals surface area contributed by atoms with E-state index in [9.17, 15) is 9.59 Å². The average molecular weight is 282 g/mol. The van der Waals surface area contributed by atoms with Crippen LogP contribution in [0.2, 0.25) is 0 Å².